The third-order valence-corrected chi connectivity index (χ3v) is 3.32. The van der Waals surface area contributed by atoms with Gasteiger partial charge in [-0.25, -0.2) is 0 Å². The molecule has 0 aliphatic carbocycles. The van der Waals surface area contributed by atoms with Gasteiger partial charge in [0.15, 0.2) is 5.75 Å². The highest BCUT2D eigenvalue weighted by Gasteiger charge is 2.32. The average Bonchev–Trinajstić information content (AvgIpc) is 2.62. The summed E-state index contributed by atoms with van der Waals surface area (Å²) >= 11 is 0. The van der Waals surface area contributed by atoms with Crippen LogP contribution in [0, 0.1) is 0 Å². The van der Waals surface area contributed by atoms with Gasteiger partial charge in [-0.3, -0.25) is 4.79 Å². The van der Waals surface area contributed by atoms with E-state index >= 15 is 0 Å². The van der Waals surface area contributed by atoms with Gasteiger partial charge in [-0.1, -0.05) is 12.1 Å². The van der Waals surface area contributed by atoms with Gasteiger partial charge in [-0.05, 0) is 36.2 Å². The maximum absolute atomic E-state index is 12.3. The molecule has 0 atom stereocenters. The van der Waals surface area contributed by atoms with Crippen LogP contribution in [0.25, 0.3) is 0 Å². The van der Waals surface area contributed by atoms with Crippen LogP contribution < -0.4 is 14.8 Å². The van der Waals surface area contributed by atoms with Gasteiger partial charge >= 0.3 is 6.36 Å². The lowest BCUT2D eigenvalue weighted by molar-refractivity contribution is -0.274. The van der Waals surface area contributed by atoms with Gasteiger partial charge in [-0.15, -0.1) is 19.8 Å². The van der Waals surface area contributed by atoms with Gasteiger partial charge in [0.1, 0.15) is 11.5 Å². The van der Waals surface area contributed by atoms with E-state index in [4.69, 9.17) is 4.74 Å². The fraction of sp³-hybridized carbons (Fsp3) is 0.118. The predicted octanol–water partition coefficient (Wildman–Crippen LogP) is 4.67. The van der Waals surface area contributed by atoms with Crippen LogP contribution in [0.4, 0.5) is 18.9 Å². The highest BCUT2D eigenvalue weighted by Crippen LogP contribution is 2.39. The number of halogens is 3. The molecule has 0 aromatic heterocycles. The molecule has 1 amide bonds. The molecule has 4 nitrogen and oxygen atoms in total. The number of hydrogen-bond acceptors (Lipinski definition) is 3. The van der Waals surface area contributed by atoms with Crippen molar-refractivity contribution >= 4 is 11.6 Å². The monoisotopic (exact) mass is 335 g/mol. The minimum Gasteiger partial charge on any atom is -0.454 e. The van der Waals surface area contributed by atoms with Crippen molar-refractivity contribution in [3.63, 3.8) is 0 Å². The molecule has 0 radical (unpaired) electrons. The molecule has 1 heterocycles. The summed E-state index contributed by atoms with van der Waals surface area (Å²) < 4.78 is 46.4. The zero-order valence-corrected chi connectivity index (χ0v) is 12.3. The molecule has 1 aliphatic heterocycles. The Kier molecular flexibility index (Phi) is 3.92. The minimum atomic E-state index is -4.81. The summed E-state index contributed by atoms with van der Waals surface area (Å²) in [6, 6.07) is 8.59. The van der Waals surface area contributed by atoms with Crippen LogP contribution in [-0.4, -0.2) is 12.3 Å². The summed E-state index contributed by atoms with van der Waals surface area (Å²) in [6.07, 6.45) is -2.53. The van der Waals surface area contributed by atoms with Crippen LogP contribution >= 0.6 is 0 Å². The Balaban J connectivity index is 1.96. The number of alkyl halides is 3. The Morgan fingerprint density at radius 3 is 2.62 bits per heavy atom. The topological polar surface area (TPSA) is 47.6 Å². The number of rotatable bonds is 3. The van der Waals surface area contributed by atoms with Crippen LogP contribution in [0.2, 0.25) is 0 Å². The molecule has 0 fully saturated rings. The van der Waals surface area contributed by atoms with Crippen molar-refractivity contribution in [3.8, 4) is 17.2 Å². The zero-order valence-electron chi connectivity index (χ0n) is 12.3. The van der Waals surface area contributed by atoms with Crippen LogP contribution in [0.15, 0.2) is 49.1 Å². The van der Waals surface area contributed by atoms with Crippen molar-refractivity contribution in [1.82, 2.24) is 0 Å². The fourth-order valence-electron chi connectivity index (χ4n) is 2.34. The van der Waals surface area contributed by atoms with Crippen molar-refractivity contribution in [1.29, 1.82) is 0 Å². The van der Waals surface area contributed by atoms with Crippen LogP contribution in [0.3, 0.4) is 0 Å². The second-order valence-corrected chi connectivity index (χ2v) is 5.09. The standard InChI is InChI=1S/C17H12F3NO3/c1-2-3-10-4-6-14-12(8-10)16(22)21-13-9-11(24-17(18,19)20)5-7-15(13)23-14/h2,4-9H,1,3H2,(H,21,22). The quantitative estimate of drug-likeness (QED) is 0.829. The van der Waals surface area contributed by atoms with Gasteiger partial charge in [-0.2, -0.15) is 0 Å². The van der Waals surface area contributed by atoms with Gasteiger partial charge in [0, 0.05) is 6.07 Å². The van der Waals surface area contributed by atoms with E-state index in [1.165, 1.54) is 6.07 Å². The van der Waals surface area contributed by atoms with Crippen LogP contribution in [-0.2, 0) is 6.42 Å². The third kappa shape index (κ3) is 3.34. The molecule has 2 aromatic rings. The summed E-state index contributed by atoms with van der Waals surface area (Å²) in [5, 5.41) is 2.54. The van der Waals surface area contributed by atoms with Crippen molar-refractivity contribution in [2.24, 2.45) is 0 Å². The molecule has 0 saturated heterocycles. The first kappa shape index (κ1) is 15.9. The smallest absolute Gasteiger partial charge is 0.454 e. The summed E-state index contributed by atoms with van der Waals surface area (Å²) in [7, 11) is 0. The number of benzene rings is 2. The highest BCUT2D eigenvalue weighted by atomic mass is 19.4. The van der Waals surface area contributed by atoms with Gasteiger partial charge in [0.2, 0.25) is 0 Å². The molecule has 0 unspecified atom stereocenters. The minimum absolute atomic E-state index is 0.100. The number of nitrogens with one attached hydrogen (secondary N) is 1. The summed E-state index contributed by atoms with van der Waals surface area (Å²) in [6.45, 7) is 3.64. The van der Waals surface area contributed by atoms with E-state index in [1.54, 1.807) is 24.3 Å². The fourth-order valence-corrected chi connectivity index (χ4v) is 2.34. The summed E-state index contributed by atoms with van der Waals surface area (Å²) in [5.74, 6) is -0.362. The molecule has 7 heteroatoms. The first-order chi connectivity index (χ1) is 11.4. The van der Waals surface area contributed by atoms with Crippen molar-refractivity contribution in [3.05, 3.63) is 60.2 Å². The molecular formula is C17H12F3NO3. The normalized spacial score (nSPS) is 13.0. The second-order valence-electron chi connectivity index (χ2n) is 5.09. The second kappa shape index (κ2) is 5.92. The number of anilines is 1. The predicted molar refractivity (Wildman–Crippen MR) is 81.5 cm³/mol. The third-order valence-electron chi connectivity index (χ3n) is 3.32. The van der Waals surface area contributed by atoms with E-state index in [0.717, 1.165) is 17.7 Å². The summed E-state index contributed by atoms with van der Waals surface area (Å²) in [4.78, 5) is 12.3. The maximum atomic E-state index is 12.3. The van der Waals surface area contributed by atoms with E-state index in [2.05, 4.69) is 16.6 Å². The Bertz CT molecular complexity index is 815. The van der Waals surface area contributed by atoms with E-state index in [1.807, 2.05) is 0 Å². The first-order valence-corrected chi connectivity index (χ1v) is 6.98. The zero-order chi connectivity index (χ0) is 17.3. The number of carbonyl (C=O) groups excluding carboxylic acids is 1. The molecule has 0 bridgehead atoms. The number of fused-ring (bicyclic) bond motifs is 2. The average molecular weight is 335 g/mol. The van der Waals surface area contributed by atoms with Gasteiger partial charge in [0.25, 0.3) is 5.91 Å². The Morgan fingerprint density at radius 1 is 1.17 bits per heavy atom. The number of carbonyl (C=O) groups is 1. The van der Waals surface area contributed by atoms with E-state index < -0.39 is 18.0 Å². The molecule has 24 heavy (non-hydrogen) atoms. The van der Waals surface area contributed by atoms with E-state index in [0.29, 0.717) is 17.7 Å². The molecule has 0 spiro atoms. The van der Waals surface area contributed by atoms with Crippen LogP contribution in [0.5, 0.6) is 17.2 Å². The summed E-state index contributed by atoms with van der Waals surface area (Å²) in [5.41, 5.74) is 1.27. The Morgan fingerprint density at radius 2 is 1.92 bits per heavy atom. The lowest BCUT2D eigenvalue weighted by Gasteiger charge is -2.12. The van der Waals surface area contributed by atoms with E-state index in [9.17, 15) is 18.0 Å². The van der Waals surface area contributed by atoms with Crippen molar-refractivity contribution in [2.75, 3.05) is 5.32 Å². The molecule has 1 aliphatic rings. The molecular weight excluding hydrogens is 323 g/mol. The largest absolute Gasteiger partial charge is 0.573 e. The number of ether oxygens (including phenoxy) is 2. The Labute approximate surface area is 135 Å². The lowest BCUT2D eigenvalue weighted by atomic mass is 10.1. The van der Waals surface area contributed by atoms with E-state index in [-0.39, 0.29) is 11.4 Å². The first-order valence-electron chi connectivity index (χ1n) is 6.98. The van der Waals surface area contributed by atoms with Crippen molar-refractivity contribution in [2.45, 2.75) is 12.8 Å². The molecule has 0 saturated carbocycles. The highest BCUT2D eigenvalue weighted by molar-refractivity contribution is 6.08. The molecule has 1 N–H and O–H groups in total. The maximum Gasteiger partial charge on any atom is 0.573 e. The molecule has 124 valence electrons. The van der Waals surface area contributed by atoms with Crippen LogP contribution in [0.1, 0.15) is 15.9 Å². The van der Waals surface area contributed by atoms with Gasteiger partial charge < -0.3 is 14.8 Å². The SMILES string of the molecule is C=CCc1ccc2c(c1)C(=O)Nc1cc(OC(F)(F)F)ccc1O2. The number of amides is 1. The molecule has 3 rings (SSSR count). The van der Waals surface area contributed by atoms with Crippen molar-refractivity contribution < 1.29 is 27.4 Å². The number of hydrogen-bond donors (Lipinski definition) is 1. The Hall–Kier alpha value is -2.96. The number of allylic oxidation sites excluding steroid dienone is 1. The van der Waals surface area contributed by atoms with Gasteiger partial charge in [0.05, 0.1) is 11.3 Å². The lowest BCUT2D eigenvalue weighted by Crippen LogP contribution is -2.17. The molecule has 2 aromatic carbocycles.